The van der Waals surface area contributed by atoms with E-state index in [2.05, 4.69) is 19.9 Å². The van der Waals surface area contributed by atoms with E-state index in [9.17, 15) is 31.4 Å². The molecular weight excluding hydrogens is 740 g/mol. The summed E-state index contributed by atoms with van der Waals surface area (Å²) in [4.78, 5) is 6.57. The number of alkyl halides is 8. The number of benzene rings is 4. The molecule has 1 atom stereocenters. The Bertz CT molecular complexity index is 2260. The van der Waals surface area contributed by atoms with Crippen LogP contribution in [0.25, 0.3) is 20.9 Å². The summed E-state index contributed by atoms with van der Waals surface area (Å²) in [6.45, 7) is 18.0. The summed E-state index contributed by atoms with van der Waals surface area (Å²) in [5.41, 5.74) is -2.77. The lowest BCUT2D eigenvalue weighted by molar-refractivity contribution is -0.217. The molecule has 284 valence electrons. The molecule has 4 aromatic carbocycles. The molecule has 1 aliphatic heterocycles. The smallest absolute Gasteiger partial charge is 0.416 e. The number of aromatic nitrogens is 2. The summed E-state index contributed by atoms with van der Waals surface area (Å²) >= 11 is 0. The van der Waals surface area contributed by atoms with Crippen LogP contribution in [0.4, 0.5) is 46.5 Å². The molecule has 0 radical (unpaired) electrons. The topological polar surface area (TPSA) is 80.8 Å². The number of aliphatic hydroxyl groups is 1. The highest BCUT2D eigenvalue weighted by molar-refractivity contribution is 5.88. The summed E-state index contributed by atoms with van der Waals surface area (Å²) in [7, 11) is 0. The van der Waals surface area contributed by atoms with Crippen LogP contribution in [0.2, 0.25) is 0 Å². The molecule has 17 heteroatoms. The zero-order chi connectivity index (χ0) is 40.2. The number of halogens is 8. The molecule has 9 nitrogen and oxygen atoms in total. The summed E-state index contributed by atoms with van der Waals surface area (Å²) in [5, 5.41) is 19.6. The Kier molecular flexibility index (Phi) is 11.2. The first-order chi connectivity index (χ1) is 25.9. The maximum Gasteiger partial charge on any atom is 0.416 e. The lowest BCUT2D eigenvalue weighted by atomic mass is 9.95. The van der Waals surface area contributed by atoms with Crippen molar-refractivity contribution in [2.24, 2.45) is 5.10 Å². The highest BCUT2D eigenvalue weighted by Gasteiger charge is 2.67. The Morgan fingerprint density at radius 3 is 1.75 bits per heavy atom. The van der Waals surface area contributed by atoms with E-state index in [0.29, 0.717) is 29.4 Å². The van der Waals surface area contributed by atoms with Gasteiger partial charge in [-0.3, -0.25) is 9.69 Å². The molecule has 5 aromatic rings. The Morgan fingerprint density at radius 1 is 0.709 bits per heavy atom. The number of nitrogens with zero attached hydrogens (tertiary/aromatic N) is 6. The van der Waals surface area contributed by atoms with Gasteiger partial charge in [-0.05, 0) is 80.1 Å². The Balaban J connectivity index is 0.000000212. The molecule has 0 bridgehead atoms. The van der Waals surface area contributed by atoms with E-state index in [0.717, 1.165) is 41.6 Å². The lowest BCUT2D eigenvalue weighted by Gasteiger charge is -2.35. The van der Waals surface area contributed by atoms with Crippen molar-refractivity contribution < 1.29 is 49.7 Å². The van der Waals surface area contributed by atoms with Gasteiger partial charge in [-0.2, -0.15) is 35.1 Å². The van der Waals surface area contributed by atoms with Gasteiger partial charge >= 0.3 is 18.3 Å². The van der Waals surface area contributed by atoms with E-state index in [1.54, 1.807) is 28.9 Å². The van der Waals surface area contributed by atoms with Crippen molar-refractivity contribution >= 4 is 17.3 Å². The van der Waals surface area contributed by atoms with E-state index >= 15 is 8.78 Å². The number of hydrogen-bond acceptors (Lipinski definition) is 6. The van der Waals surface area contributed by atoms with Crippen molar-refractivity contribution in [3.05, 3.63) is 143 Å². The van der Waals surface area contributed by atoms with E-state index in [4.69, 9.17) is 22.6 Å². The molecule has 0 spiro atoms. The van der Waals surface area contributed by atoms with Gasteiger partial charge in [0.2, 0.25) is 5.88 Å². The normalized spacial score (nSPS) is 16.3. The SMILES string of the molecule is [C-]#[N+]c1cccc(-c2cc(Oc3ccc(C(F)(F)F)cc3)nn2CC)c1.[C-]#[N+]c1cccc(C2(O)N(CC)N=C(Oc3ccc(C(F)(F)F)cc3)C2(F)F)c1. The third-order valence-electron chi connectivity index (χ3n) is 8.10. The van der Waals surface area contributed by atoms with Gasteiger partial charge in [0, 0.05) is 24.7 Å². The summed E-state index contributed by atoms with van der Waals surface area (Å²) in [6.07, 6.45) is -8.97. The molecular formula is C38H28F8N6O3. The van der Waals surface area contributed by atoms with E-state index in [-0.39, 0.29) is 35.2 Å². The number of aryl methyl sites for hydroxylation is 1. The largest absolute Gasteiger partial charge is 0.438 e. The summed E-state index contributed by atoms with van der Waals surface area (Å²) in [5.74, 6) is -4.98. The highest BCUT2D eigenvalue weighted by atomic mass is 19.4. The van der Waals surface area contributed by atoms with E-state index in [1.807, 2.05) is 13.0 Å². The fourth-order valence-electron chi connectivity index (χ4n) is 5.37. The second kappa shape index (κ2) is 15.5. The van der Waals surface area contributed by atoms with Crippen molar-refractivity contribution in [1.29, 1.82) is 0 Å². The van der Waals surface area contributed by atoms with Crippen LogP contribution in [0.15, 0.2) is 108 Å². The molecule has 6 rings (SSSR count). The highest BCUT2D eigenvalue weighted by Crippen LogP contribution is 2.47. The molecule has 0 saturated carbocycles. The van der Waals surface area contributed by atoms with E-state index in [1.165, 1.54) is 37.3 Å². The Hall–Kier alpha value is -6.46. The number of ether oxygens (including phenoxy) is 2. The number of rotatable bonds is 7. The standard InChI is InChI=1S/C19H14F5N3O2.C19H14F3N3O/c1-3-27-18(28,13-5-4-6-14(11-13)25-2)17(20,21)16(26-27)29-15-9-7-12(8-10-15)19(22,23)24;1-3-25-17(13-5-4-6-15(11-13)23-2)12-18(24-25)26-16-9-7-14(8-10-16)19(20,21)22/h4-11,28H,3H2,1H3;4-12H,3H2,1H3. The number of hydrogen-bond donors (Lipinski definition) is 1. The fourth-order valence-corrected chi connectivity index (χ4v) is 5.37. The van der Waals surface area contributed by atoms with Gasteiger partial charge in [-0.15, -0.1) is 10.2 Å². The van der Waals surface area contributed by atoms with E-state index < -0.39 is 41.0 Å². The van der Waals surface area contributed by atoms with Gasteiger partial charge < -0.3 is 14.6 Å². The van der Waals surface area contributed by atoms with Gasteiger partial charge in [0.25, 0.3) is 11.6 Å². The monoisotopic (exact) mass is 768 g/mol. The molecule has 0 amide bonds. The predicted molar refractivity (Wildman–Crippen MR) is 185 cm³/mol. The Labute approximate surface area is 308 Å². The van der Waals surface area contributed by atoms with Crippen LogP contribution in [-0.2, 0) is 24.6 Å². The predicted octanol–water partition coefficient (Wildman–Crippen LogP) is 10.7. The average Bonchev–Trinajstić information content (AvgIpc) is 3.66. The first kappa shape index (κ1) is 39.7. The van der Waals surface area contributed by atoms with Crippen molar-refractivity contribution in [3.8, 4) is 28.6 Å². The lowest BCUT2D eigenvalue weighted by Crippen LogP contribution is -2.54. The van der Waals surface area contributed by atoms with Crippen LogP contribution in [-0.4, -0.2) is 38.3 Å². The fraction of sp³-hybridized carbons (Fsp3) is 0.211. The Morgan fingerprint density at radius 2 is 1.24 bits per heavy atom. The number of hydrazone groups is 1. The molecule has 0 saturated heterocycles. The van der Waals surface area contributed by atoms with Gasteiger partial charge in [0.05, 0.1) is 30.0 Å². The van der Waals surface area contributed by atoms with Gasteiger partial charge in [0.1, 0.15) is 11.5 Å². The summed E-state index contributed by atoms with van der Waals surface area (Å²) in [6, 6.07) is 21.5. The summed E-state index contributed by atoms with van der Waals surface area (Å²) < 4.78 is 118. The molecule has 1 aliphatic rings. The second-order valence-electron chi connectivity index (χ2n) is 11.6. The molecule has 55 heavy (non-hydrogen) atoms. The second-order valence-corrected chi connectivity index (χ2v) is 11.6. The van der Waals surface area contributed by atoms with Gasteiger partial charge in [-0.1, -0.05) is 36.4 Å². The first-order valence-corrected chi connectivity index (χ1v) is 16.2. The van der Waals surface area contributed by atoms with Crippen LogP contribution in [0, 0.1) is 13.1 Å². The van der Waals surface area contributed by atoms with Crippen LogP contribution in [0.3, 0.4) is 0 Å². The van der Waals surface area contributed by atoms with Crippen molar-refractivity contribution in [1.82, 2.24) is 14.8 Å². The molecule has 1 unspecified atom stereocenters. The van der Waals surface area contributed by atoms with Crippen LogP contribution in [0.5, 0.6) is 17.4 Å². The van der Waals surface area contributed by atoms with Crippen LogP contribution < -0.4 is 9.47 Å². The minimum Gasteiger partial charge on any atom is -0.438 e. The van der Waals surface area contributed by atoms with Gasteiger partial charge in [0.15, 0.2) is 11.4 Å². The van der Waals surface area contributed by atoms with Crippen molar-refractivity contribution in [2.75, 3.05) is 6.54 Å². The van der Waals surface area contributed by atoms with Gasteiger partial charge in [-0.25, -0.2) is 9.69 Å². The average molecular weight is 769 g/mol. The third kappa shape index (κ3) is 8.37. The maximum atomic E-state index is 15.2. The molecule has 2 heterocycles. The maximum absolute atomic E-state index is 15.2. The van der Waals surface area contributed by atoms with Crippen LogP contribution >= 0.6 is 0 Å². The molecule has 1 N–H and O–H groups in total. The first-order valence-electron chi connectivity index (χ1n) is 16.2. The third-order valence-corrected chi connectivity index (χ3v) is 8.10. The van der Waals surface area contributed by atoms with Crippen molar-refractivity contribution in [3.63, 3.8) is 0 Å². The molecule has 0 aliphatic carbocycles. The molecule has 0 fully saturated rings. The van der Waals surface area contributed by atoms with Crippen LogP contribution in [0.1, 0.15) is 30.5 Å². The minimum atomic E-state index is -4.58. The van der Waals surface area contributed by atoms with Crippen molar-refractivity contribution in [2.45, 2.75) is 44.4 Å². The zero-order valence-corrected chi connectivity index (χ0v) is 28.7. The zero-order valence-electron chi connectivity index (χ0n) is 28.7. The minimum absolute atomic E-state index is 0.0416. The molecule has 1 aromatic heterocycles. The quantitative estimate of drug-likeness (QED) is 0.132.